The monoisotopic (exact) mass is 394 g/mol. The summed E-state index contributed by atoms with van der Waals surface area (Å²) in [7, 11) is 0. The number of carbonyl (C=O) groups is 1. The molecule has 1 heterocycles. The third kappa shape index (κ3) is 6.78. The van der Waals surface area contributed by atoms with E-state index < -0.39 is 12.5 Å². The van der Waals surface area contributed by atoms with Gasteiger partial charge in [-0.25, -0.2) is 0 Å². The van der Waals surface area contributed by atoms with E-state index in [0.717, 1.165) is 24.5 Å². The second-order valence-corrected chi connectivity index (χ2v) is 7.49. The zero-order valence-electron chi connectivity index (χ0n) is 15.6. The summed E-state index contributed by atoms with van der Waals surface area (Å²) in [6, 6.07) is 9.06. The Hall–Kier alpha value is -2.15. The molecular formula is C21H25F3N2O2. The van der Waals surface area contributed by atoms with Crippen molar-refractivity contribution in [2.45, 2.75) is 56.8 Å². The van der Waals surface area contributed by atoms with Crippen LogP contribution in [0.25, 0.3) is 10.8 Å². The number of alkyl halides is 3. The van der Waals surface area contributed by atoms with Crippen molar-refractivity contribution in [1.29, 1.82) is 0 Å². The van der Waals surface area contributed by atoms with Gasteiger partial charge in [0.25, 0.3) is 0 Å². The van der Waals surface area contributed by atoms with Crippen LogP contribution in [0.5, 0.6) is 5.75 Å². The van der Waals surface area contributed by atoms with Gasteiger partial charge in [0.05, 0.1) is 6.10 Å². The molecule has 28 heavy (non-hydrogen) atoms. The molecule has 0 amide bonds. The molecule has 2 aromatic rings. The van der Waals surface area contributed by atoms with Gasteiger partial charge in [-0.2, -0.15) is 13.2 Å². The maximum absolute atomic E-state index is 10.4. The Bertz CT molecular complexity index is 770. The van der Waals surface area contributed by atoms with E-state index in [1.54, 1.807) is 0 Å². The van der Waals surface area contributed by atoms with Crippen molar-refractivity contribution in [1.82, 2.24) is 10.3 Å². The summed E-state index contributed by atoms with van der Waals surface area (Å²) in [4.78, 5) is 12.9. The maximum atomic E-state index is 10.4. The largest absolute Gasteiger partial charge is 0.490 e. The Morgan fingerprint density at radius 3 is 2.43 bits per heavy atom. The van der Waals surface area contributed by atoms with E-state index >= 15 is 0 Å². The van der Waals surface area contributed by atoms with E-state index in [1.807, 2.05) is 18.5 Å². The molecule has 0 saturated heterocycles. The van der Waals surface area contributed by atoms with E-state index in [4.69, 9.17) is 9.53 Å². The molecule has 0 spiro atoms. The van der Waals surface area contributed by atoms with Crippen LogP contribution in [0.3, 0.4) is 0 Å². The fourth-order valence-electron chi connectivity index (χ4n) is 3.37. The molecule has 1 aromatic carbocycles. The van der Waals surface area contributed by atoms with E-state index in [9.17, 15) is 13.2 Å². The number of aldehydes is 1. The molecule has 7 heteroatoms. The fourth-order valence-corrected chi connectivity index (χ4v) is 3.37. The van der Waals surface area contributed by atoms with Gasteiger partial charge >= 0.3 is 6.18 Å². The minimum Gasteiger partial charge on any atom is -0.490 e. The summed E-state index contributed by atoms with van der Waals surface area (Å²) in [5.41, 5.74) is 0. The summed E-state index contributed by atoms with van der Waals surface area (Å²) < 4.78 is 37.5. The van der Waals surface area contributed by atoms with Gasteiger partial charge < -0.3 is 10.1 Å². The summed E-state index contributed by atoms with van der Waals surface area (Å²) in [6.07, 6.45) is 6.09. The number of rotatable bonds is 5. The molecule has 0 atom stereocenters. The summed E-state index contributed by atoms with van der Waals surface area (Å²) in [5.74, 6) is 1.97. The van der Waals surface area contributed by atoms with Crippen molar-refractivity contribution < 1.29 is 22.7 Å². The van der Waals surface area contributed by atoms with Crippen molar-refractivity contribution in [3.8, 4) is 5.75 Å². The third-order valence-corrected chi connectivity index (χ3v) is 5.11. The van der Waals surface area contributed by atoms with Gasteiger partial charge in [-0.1, -0.05) is 0 Å². The van der Waals surface area contributed by atoms with Gasteiger partial charge in [-0.05, 0) is 80.6 Å². The molecule has 2 aliphatic rings. The normalized spacial score (nSPS) is 22.2. The van der Waals surface area contributed by atoms with E-state index in [0.29, 0.717) is 12.1 Å². The number of pyridine rings is 1. The summed E-state index contributed by atoms with van der Waals surface area (Å²) >= 11 is 0. The Labute approximate surface area is 162 Å². The van der Waals surface area contributed by atoms with Gasteiger partial charge in [-0.3, -0.25) is 9.78 Å². The number of nitrogens with zero attached hydrogens (tertiary/aromatic N) is 1. The highest BCUT2D eigenvalue weighted by Crippen LogP contribution is 2.29. The lowest BCUT2D eigenvalue weighted by molar-refractivity contribution is -0.156. The number of hydrogen-bond acceptors (Lipinski definition) is 4. The number of aromatic nitrogens is 1. The van der Waals surface area contributed by atoms with Crippen LogP contribution in [-0.2, 0) is 4.79 Å². The summed E-state index contributed by atoms with van der Waals surface area (Å²) in [6.45, 7) is 1.23. The number of carbonyl (C=O) groups excluding carboxylic acids is 1. The van der Waals surface area contributed by atoms with Crippen molar-refractivity contribution in [3.05, 3.63) is 36.7 Å². The van der Waals surface area contributed by atoms with Crippen LogP contribution >= 0.6 is 0 Å². The van der Waals surface area contributed by atoms with Crippen molar-refractivity contribution in [3.63, 3.8) is 0 Å². The Morgan fingerprint density at radius 2 is 1.79 bits per heavy atom. The van der Waals surface area contributed by atoms with Crippen molar-refractivity contribution in [2.24, 2.45) is 5.92 Å². The van der Waals surface area contributed by atoms with E-state index in [-0.39, 0.29) is 0 Å². The second-order valence-electron chi connectivity index (χ2n) is 7.49. The quantitative estimate of drug-likeness (QED) is 0.749. The Morgan fingerprint density at radius 1 is 1.07 bits per heavy atom. The second kappa shape index (κ2) is 9.37. The predicted molar refractivity (Wildman–Crippen MR) is 101 cm³/mol. The standard InChI is InChI=1S/C19H24N2O.C2HF3O/c1-2-14(1)12-21-17-4-7-18(8-5-17)22-19-6-3-16-13-20-10-9-15(16)11-19;3-2(4,5)1-6/h3,6,9-11,13-14,17-18,21H,1-2,4-5,7-8,12H2;1H. The lowest BCUT2D eigenvalue weighted by Gasteiger charge is -2.29. The van der Waals surface area contributed by atoms with Gasteiger partial charge in [0.1, 0.15) is 5.75 Å². The first kappa shape index (κ1) is 20.6. The lowest BCUT2D eigenvalue weighted by atomic mass is 9.93. The van der Waals surface area contributed by atoms with Gasteiger partial charge in [0.15, 0.2) is 0 Å². The van der Waals surface area contributed by atoms with Crippen molar-refractivity contribution in [2.75, 3.05) is 6.54 Å². The minimum atomic E-state index is -4.64. The number of nitrogens with one attached hydrogen (secondary N) is 1. The predicted octanol–water partition coefficient (Wildman–Crippen LogP) is 4.67. The molecule has 0 radical (unpaired) electrons. The lowest BCUT2D eigenvalue weighted by Crippen LogP contribution is -2.37. The first-order chi connectivity index (χ1) is 13.4. The first-order valence-corrected chi connectivity index (χ1v) is 9.70. The zero-order chi connectivity index (χ0) is 20.0. The molecule has 0 unspecified atom stereocenters. The van der Waals surface area contributed by atoms with Crippen LogP contribution in [0.4, 0.5) is 13.2 Å². The zero-order valence-corrected chi connectivity index (χ0v) is 15.6. The van der Waals surface area contributed by atoms with E-state index in [1.165, 1.54) is 43.0 Å². The highest BCUT2D eigenvalue weighted by Gasteiger charge is 2.26. The van der Waals surface area contributed by atoms with Crippen LogP contribution < -0.4 is 10.1 Å². The van der Waals surface area contributed by atoms with Gasteiger partial charge in [0.2, 0.25) is 6.29 Å². The van der Waals surface area contributed by atoms with Crippen LogP contribution in [-0.4, -0.2) is 36.1 Å². The molecule has 2 saturated carbocycles. The number of hydrogen-bond donors (Lipinski definition) is 1. The molecule has 4 rings (SSSR count). The number of ether oxygens (including phenoxy) is 1. The van der Waals surface area contributed by atoms with Gasteiger partial charge in [-0.15, -0.1) is 0 Å². The smallest absolute Gasteiger partial charge is 0.446 e. The first-order valence-electron chi connectivity index (χ1n) is 9.70. The van der Waals surface area contributed by atoms with Crippen LogP contribution in [0.1, 0.15) is 38.5 Å². The highest BCUT2D eigenvalue weighted by molar-refractivity contribution is 5.82. The van der Waals surface area contributed by atoms with Gasteiger partial charge in [0, 0.05) is 23.8 Å². The Balaban J connectivity index is 0.000000330. The Kier molecular flexibility index (Phi) is 6.88. The molecule has 0 aliphatic heterocycles. The molecule has 1 N–H and O–H groups in total. The van der Waals surface area contributed by atoms with Crippen LogP contribution in [0.2, 0.25) is 0 Å². The molecule has 1 aromatic heterocycles. The fraction of sp³-hybridized carbons (Fsp3) is 0.524. The van der Waals surface area contributed by atoms with E-state index in [2.05, 4.69) is 28.5 Å². The topological polar surface area (TPSA) is 51.2 Å². The summed E-state index contributed by atoms with van der Waals surface area (Å²) in [5, 5.41) is 6.10. The van der Waals surface area contributed by atoms with Crippen LogP contribution in [0.15, 0.2) is 36.7 Å². The molecule has 4 nitrogen and oxygen atoms in total. The molecule has 0 bridgehead atoms. The number of halogens is 3. The molecule has 2 aliphatic carbocycles. The maximum Gasteiger partial charge on any atom is 0.446 e. The molecule has 152 valence electrons. The van der Waals surface area contributed by atoms with Crippen LogP contribution in [0, 0.1) is 5.92 Å². The number of fused-ring (bicyclic) bond motifs is 1. The average Bonchev–Trinajstić information content (AvgIpc) is 3.52. The van der Waals surface area contributed by atoms with Crippen molar-refractivity contribution >= 4 is 17.1 Å². The minimum absolute atomic E-state index is 0.373. The molecular weight excluding hydrogens is 369 g/mol. The number of benzene rings is 1. The average molecular weight is 394 g/mol. The third-order valence-electron chi connectivity index (χ3n) is 5.11. The highest BCUT2D eigenvalue weighted by atomic mass is 19.4. The molecule has 2 fully saturated rings. The SMILES string of the molecule is O=CC(F)(F)F.c1cc2cc(OC3CCC(NCC4CC4)CC3)ccc2cn1.